The van der Waals surface area contributed by atoms with E-state index in [1.807, 2.05) is 18.2 Å². The molecule has 1 aliphatic heterocycles. The van der Waals surface area contributed by atoms with Gasteiger partial charge in [0.25, 0.3) is 0 Å². The fraction of sp³-hybridized carbons (Fsp3) is 0.273. The maximum atomic E-state index is 11.7. The Morgan fingerprint density at radius 2 is 2.39 bits per heavy atom. The standard InChI is InChI=1S/C11H11N3O2S2/c15-9(6-14-10(16)7-18-11(14)17)13-5-8-3-1-2-4-12-8/h1-4H,5-7H2,(H,13,15). The summed E-state index contributed by atoms with van der Waals surface area (Å²) >= 11 is 6.27. The number of rotatable bonds is 4. The first kappa shape index (κ1) is 13.0. The fourth-order valence-corrected chi connectivity index (χ4v) is 2.49. The van der Waals surface area contributed by atoms with Crippen LogP contribution in [0.25, 0.3) is 0 Å². The minimum atomic E-state index is -0.237. The molecule has 0 aliphatic carbocycles. The van der Waals surface area contributed by atoms with Gasteiger partial charge in [0.05, 0.1) is 18.0 Å². The summed E-state index contributed by atoms with van der Waals surface area (Å²) in [5, 5.41) is 2.70. The predicted molar refractivity (Wildman–Crippen MR) is 72.9 cm³/mol. The lowest BCUT2D eigenvalue weighted by molar-refractivity contribution is -0.129. The van der Waals surface area contributed by atoms with Gasteiger partial charge in [0.2, 0.25) is 11.8 Å². The third-order valence-electron chi connectivity index (χ3n) is 2.34. The van der Waals surface area contributed by atoms with Crippen LogP contribution in [0.1, 0.15) is 5.69 Å². The Morgan fingerprint density at radius 3 is 3.00 bits per heavy atom. The quantitative estimate of drug-likeness (QED) is 0.817. The number of thiocarbonyl (C=S) groups is 1. The zero-order valence-corrected chi connectivity index (χ0v) is 11.1. The van der Waals surface area contributed by atoms with Crippen LogP contribution >= 0.6 is 24.0 Å². The number of thioether (sulfide) groups is 1. The third kappa shape index (κ3) is 3.27. The zero-order chi connectivity index (χ0) is 13.0. The Balaban J connectivity index is 1.82. The summed E-state index contributed by atoms with van der Waals surface area (Å²) < 4.78 is 0.466. The maximum Gasteiger partial charge on any atom is 0.240 e. The molecule has 18 heavy (non-hydrogen) atoms. The lowest BCUT2D eigenvalue weighted by Crippen LogP contribution is -2.39. The largest absolute Gasteiger partial charge is 0.349 e. The van der Waals surface area contributed by atoms with Gasteiger partial charge in [-0.3, -0.25) is 19.5 Å². The second-order valence-corrected chi connectivity index (χ2v) is 5.24. The van der Waals surface area contributed by atoms with E-state index in [0.717, 1.165) is 5.69 Å². The van der Waals surface area contributed by atoms with E-state index in [1.54, 1.807) is 6.20 Å². The van der Waals surface area contributed by atoms with E-state index in [-0.39, 0.29) is 18.4 Å². The van der Waals surface area contributed by atoms with Crippen LogP contribution in [0.4, 0.5) is 0 Å². The molecule has 1 fully saturated rings. The van der Waals surface area contributed by atoms with E-state index in [2.05, 4.69) is 10.3 Å². The topological polar surface area (TPSA) is 62.3 Å². The normalized spacial score (nSPS) is 15.0. The van der Waals surface area contributed by atoms with E-state index in [0.29, 0.717) is 16.6 Å². The molecule has 1 saturated heterocycles. The highest BCUT2D eigenvalue weighted by atomic mass is 32.2. The zero-order valence-electron chi connectivity index (χ0n) is 9.46. The lowest BCUT2D eigenvalue weighted by Gasteiger charge is -2.14. The number of carbonyl (C=O) groups excluding carboxylic acids is 2. The van der Waals surface area contributed by atoms with Gasteiger partial charge in [-0.2, -0.15) is 0 Å². The van der Waals surface area contributed by atoms with Gasteiger partial charge < -0.3 is 5.32 Å². The fourth-order valence-electron chi connectivity index (χ4n) is 1.43. The predicted octanol–water partition coefficient (Wildman–Crippen LogP) is 0.558. The van der Waals surface area contributed by atoms with Crippen LogP contribution in [0.2, 0.25) is 0 Å². The molecular weight excluding hydrogens is 270 g/mol. The highest BCUT2D eigenvalue weighted by Gasteiger charge is 2.28. The molecule has 5 nitrogen and oxygen atoms in total. The number of amides is 2. The highest BCUT2D eigenvalue weighted by molar-refractivity contribution is 8.23. The monoisotopic (exact) mass is 281 g/mol. The van der Waals surface area contributed by atoms with Crippen molar-refractivity contribution >= 4 is 40.1 Å². The second-order valence-electron chi connectivity index (χ2n) is 3.63. The lowest BCUT2D eigenvalue weighted by atomic mass is 10.3. The molecule has 2 heterocycles. The minimum Gasteiger partial charge on any atom is -0.349 e. The van der Waals surface area contributed by atoms with Crippen molar-refractivity contribution < 1.29 is 9.59 Å². The summed E-state index contributed by atoms with van der Waals surface area (Å²) in [5.41, 5.74) is 0.774. The van der Waals surface area contributed by atoms with Gasteiger partial charge in [0.1, 0.15) is 10.9 Å². The average Bonchev–Trinajstić information content (AvgIpc) is 2.69. The van der Waals surface area contributed by atoms with E-state index in [4.69, 9.17) is 12.2 Å². The van der Waals surface area contributed by atoms with E-state index in [1.165, 1.54) is 16.7 Å². The van der Waals surface area contributed by atoms with Crippen LogP contribution in [0.3, 0.4) is 0 Å². The van der Waals surface area contributed by atoms with Crippen molar-refractivity contribution in [2.75, 3.05) is 12.3 Å². The number of hydrogen-bond donors (Lipinski definition) is 1. The van der Waals surface area contributed by atoms with E-state index < -0.39 is 0 Å². The molecule has 2 rings (SSSR count). The van der Waals surface area contributed by atoms with Gasteiger partial charge in [0, 0.05) is 6.20 Å². The Hall–Kier alpha value is -1.47. The summed E-state index contributed by atoms with van der Waals surface area (Å²) in [7, 11) is 0. The number of nitrogens with zero attached hydrogens (tertiary/aromatic N) is 2. The van der Waals surface area contributed by atoms with E-state index >= 15 is 0 Å². The Labute approximate surface area is 114 Å². The molecule has 94 valence electrons. The third-order valence-corrected chi connectivity index (χ3v) is 3.77. The van der Waals surface area contributed by atoms with Gasteiger partial charge >= 0.3 is 0 Å². The van der Waals surface area contributed by atoms with Gasteiger partial charge in [-0.15, -0.1) is 0 Å². The maximum absolute atomic E-state index is 11.7. The molecule has 0 bridgehead atoms. The molecule has 0 aromatic carbocycles. The first-order valence-electron chi connectivity index (χ1n) is 5.30. The molecule has 1 N–H and O–H groups in total. The molecule has 0 spiro atoms. The molecule has 1 aromatic rings. The summed E-state index contributed by atoms with van der Waals surface area (Å²) in [6.45, 7) is 0.332. The van der Waals surface area contributed by atoms with Crippen LogP contribution in [-0.4, -0.2) is 38.3 Å². The first-order valence-corrected chi connectivity index (χ1v) is 6.70. The molecule has 0 radical (unpaired) electrons. The second kappa shape index (κ2) is 5.92. The summed E-state index contributed by atoms with van der Waals surface area (Å²) in [4.78, 5) is 28.5. The van der Waals surface area contributed by atoms with Crippen molar-refractivity contribution in [3.8, 4) is 0 Å². The number of carbonyl (C=O) groups is 2. The Bertz CT molecular complexity index is 462. The van der Waals surface area contributed by atoms with Gasteiger partial charge in [0.15, 0.2) is 0 Å². The summed E-state index contributed by atoms with van der Waals surface area (Å²) in [6.07, 6.45) is 1.66. The van der Waals surface area contributed by atoms with Crippen LogP contribution in [0, 0.1) is 0 Å². The number of hydrogen-bond acceptors (Lipinski definition) is 5. The van der Waals surface area contributed by atoms with Crippen LogP contribution in [-0.2, 0) is 16.1 Å². The smallest absolute Gasteiger partial charge is 0.240 e. The van der Waals surface area contributed by atoms with Gasteiger partial charge in [-0.25, -0.2) is 0 Å². The molecule has 0 unspecified atom stereocenters. The van der Waals surface area contributed by atoms with Gasteiger partial charge in [-0.05, 0) is 12.1 Å². The minimum absolute atomic E-state index is 0.0164. The van der Waals surface area contributed by atoms with Crippen LogP contribution < -0.4 is 5.32 Å². The van der Waals surface area contributed by atoms with Crippen molar-refractivity contribution in [2.45, 2.75) is 6.54 Å². The Morgan fingerprint density at radius 1 is 1.56 bits per heavy atom. The van der Waals surface area contributed by atoms with Crippen molar-refractivity contribution in [3.63, 3.8) is 0 Å². The van der Waals surface area contributed by atoms with E-state index in [9.17, 15) is 9.59 Å². The van der Waals surface area contributed by atoms with Gasteiger partial charge in [-0.1, -0.05) is 30.0 Å². The summed E-state index contributed by atoms with van der Waals surface area (Å²) in [6, 6.07) is 5.48. The first-order chi connectivity index (χ1) is 8.66. The van der Waals surface area contributed by atoms with Crippen molar-refractivity contribution in [2.24, 2.45) is 0 Å². The molecule has 7 heteroatoms. The molecule has 1 aromatic heterocycles. The molecule has 0 saturated carbocycles. The SMILES string of the molecule is O=C(CN1C(=O)CSC1=S)NCc1ccccn1. The van der Waals surface area contributed by atoms with Crippen LogP contribution in [0.15, 0.2) is 24.4 Å². The van der Waals surface area contributed by atoms with Crippen molar-refractivity contribution in [1.29, 1.82) is 0 Å². The van der Waals surface area contributed by atoms with Crippen molar-refractivity contribution in [3.05, 3.63) is 30.1 Å². The average molecular weight is 281 g/mol. The summed E-state index contributed by atoms with van der Waals surface area (Å²) in [5.74, 6) is -0.0244. The molecular formula is C11H11N3O2S2. The molecule has 1 aliphatic rings. The number of aromatic nitrogens is 1. The number of nitrogens with one attached hydrogen (secondary N) is 1. The molecule has 0 atom stereocenters. The van der Waals surface area contributed by atoms with Crippen LogP contribution in [0.5, 0.6) is 0 Å². The highest BCUT2D eigenvalue weighted by Crippen LogP contribution is 2.18. The molecule has 2 amide bonds. The van der Waals surface area contributed by atoms with Crippen molar-refractivity contribution in [1.82, 2.24) is 15.2 Å². The Kier molecular flexibility index (Phi) is 4.27. The number of pyridine rings is 1.